The number of fused-ring (bicyclic) bond motifs is 1. The van der Waals surface area contributed by atoms with E-state index in [1.165, 1.54) is 12.8 Å². The Hall–Kier alpha value is -1.99. The van der Waals surface area contributed by atoms with Crippen molar-refractivity contribution in [2.45, 2.75) is 32.4 Å². The Balaban J connectivity index is 1.69. The van der Waals surface area contributed by atoms with Gasteiger partial charge in [-0.25, -0.2) is 9.67 Å². The second kappa shape index (κ2) is 6.14. The van der Waals surface area contributed by atoms with Gasteiger partial charge in [0.25, 0.3) is 0 Å². The van der Waals surface area contributed by atoms with E-state index in [9.17, 15) is 5.11 Å². The van der Waals surface area contributed by atoms with Crippen molar-refractivity contribution in [1.82, 2.24) is 20.0 Å². The Labute approximate surface area is 147 Å². The third-order valence-electron chi connectivity index (χ3n) is 4.18. The minimum Gasteiger partial charge on any atom is -0.437 e. The Morgan fingerprint density at radius 1 is 1.38 bits per heavy atom. The highest BCUT2D eigenvalue weighted by Gasteiger charge is 2.24. The smallest absolute Gasteiger partial charge is 0.225 e. The summed E-state index contributed by atoms with van der Waals surface area (Å²) in [7, 11) is 0. The van der Waals surface area contributed by atoms with Crippen LogP contribution in [-0.4, -0.2) is 25.1 Å². The Bertz CT molecular complexity index is 889. The molecule has 124 valence electrons. The molecule has 6 nitrogen and oxygen atoms in total. The maximum Gasteiger partial charge on any atom is 0.225 e. The molecule has 1 aliphatic rings. The molecule has 2 aromatic heterocycles. The molecule has 0 unspecified atom stereocenters. The van der Waals surface area contributed by atoms with Crippen LogP contribution in [0.2, 0.25) is 0 Å². The van der Waals surface area contributed by atoms with E-state index in [0.29, 0.717) is 17.2 Å². The number of ether oxygens (including phenoxy) is 1. The largest absolute Gasteiger partial charge is 0.437 e. The average Bonchev–Trinajstić information content (AvgIpc) is 3.29. The lowest BCUT2D eigenvalue weighted by molar-refractivity contribution is 0.194. The van der Waals surface area contributed by atoms with E-state index < -0.39 is 6.10 Å². The second-order valence-corrected chi connectivity index (χ2v) is 6.93. The fraction of sp³-hybridized carbons (Fsp3) is 0.353. The van der Waals surface area contributed by atoms with Crippen molar-refractivity contribution in [3.8, 4) is 11.6 Å². The first kappa shape index (κ1) is 15.5. The van der Waals surface area contributed by atoms with Gasteiger partial charge in [-0.05, 0) is 65.9 Å². The first-order valence-electron chi connectivity index (χ1n) is 7.96. The highest BCUT2D eigenvalue weighted by Crippen LogP contribution is 2.37. The zero-order valence-electron chi connectivity index (χ0n) is 13.2. The number of aromatic nitrogens is 4. The van der Waals surface area contributed by atoms with Crippen molar-refractivity contribution in [1.29, 1.82) is 0 Å². The van der Waals surface area contributed by atoms with Crippen LogP contribution in [-0.2, 0) is 6.54 Å². The first-order valence-corrected chi connectivity index (χ1v) is 8.75. The van der Waals surface area contributed by atoms with Crippen molar-refractivity contribution >= 4 is 27.0 Å². The Morgan fingerprint density at radius 3 is 2.96 bits per heavy atom. The standard InChI is InChI=1S/C17H17BrN4O2/c1-10(23)12-3-2-8-19-17(12)24-14-7-6-13-16(15(14)18)20-21-22(13)9-11-4-5-11/h2-3,6-8,10-11,23H,4-5,9H2,1H3/t10-/m1/s1. The van der Waals surface area contributed by atoms with E-state index in [2.05, 4.69) is 31.2 Å². The molecule has 3 aromatic rings. The van der Waals surface area contributed by atoms with Crippen LogP contribution >= 0.6 is 15.9 Å². The van der Waals surface area contributed by atoms with Crippen LogP contribution in [0.15, 0.2) is 34.9 Å². The van der Waals surface area contributed by atoms with E-state index >= 15 is 0 Å². The molecule has 7 heteroatoms. The van der Waals surface area contributed by atoms with E-state index in [1.807, 2.05) is 16.8 Å². The second-order valence-electron chi connectivity index (χ2n) is 6.14. The number of halogens is 1. The van der Waals surface area contributed by atoms with Gasteiger partial charge in [-0.3, -0.25) is 0 Å². The summed E-state index contributed by atoms with van der Waals surface area (Å²) in [6.45, 7) is 2.60. The molecule has 1 aliphatic carbocycles. The third-order valence-corrected chi connectivity index (χ3v) is 4.94. The number of aliphatic hydroxyl groups excluding tert-OH is 1. The maximum atomic E-state index is 9.86. The maximum absolute atomic E-state index is 9.86. The molecule has 1 atom stereocenters. The van der Waals surface area contributed by atoms with Gasteiger partial charge in [0, 0.05) is 18.3 Å². The fourth-order valence-corrected chi connectivity index (χ4v) is 3.15. The molecule has 1 N–H and O–H groups in total. The molecule has 0 radical (unpaired) electrons. The molecule has 0 bridgehead atoms. The zero-order chi connectivity index (χ0) is 16.7. The molecular weight excluding hydrogens is 372 g/mol. The summed E-state index contributed by atoms with van der Waals surface area (Å²) in [6.07, 6.45) is 3.52. The molecule has 2 heterocycles. The van der Waals surface area contributed by atoms with Crippen LogP contribution in [0.1, 0.15) is 31.4 Å². The van der Waals surface area contributed by atoms with Crippen LogP contribution in [0, 0.1) is 5.92 Å². The van der Waals surface area contributed by atoms with E-state index in [1.54, 1.807) is 25.3 Å². The lowest BCUT2D eigenvalue weighted by Crippen LogP contribution is -2.01. The minimum absolute atomic E-state index is 0.387. The van der Waals surface area contributed by atoms with Gasteiger partial charge in [0.15, 0.2) is 0 Å². The van der Waals surface area contributed by atoms with Crippen LogP contribution in [0.25, 0.3) is 11.0 Å². The lowest BCUT2D eigenvalue weighted by atomic mass is 10.2. The quantitative estimate of drug-likeness (QED) is 0.718. The molecule has 0 aliphatic heterocycles. The van der Waals surface area contributed by atoms with Gasteiger partial charge in [-0.15, -0.1) is 5.10 Å². The Morgan fingerprint density at radius 2 is 2.21 bits per heavy atom. The summed E-state index contributed by atoms with van der Waals surface area (Å²) >= 11 is 3.57. The first-order chi connectivity index (χ1) is 11.6. The number of pyridine rings is 1. The number of rotatable bonds is 5. The molecule has 0 spiro atoms. The normalized spacial score (nSPS) is 15.6. The van der Waals surface area contributed by atoms with Gasteiger partial charge in [0.1, 0.15) is 11.3 Å². The number of hydrogen-bond acceptors (Lipinski definition) is 5. The van der Waals surface area contributed by atoms with Gasteiger partial charge >= 0.3 is 0 Å². The van der Waals surface area contributed by atoms with E-state index in [4.69, 9.17) is 4.74 Å². The third kappa shape index (κ3) is 2.89. The van der Waals surface area contributed by atoms with Crippen LogP contribution in [0.5, 0.6) is 11.6 Å². The summed E-state index contributed by atoms with van der Waals surface area (Å²) in [4.78, 5) is 4.22. The molecule has 1 aromatic carbocycles. The topological polar surface area (TPSA) is 73.1 Å². The summed E-state index contributed by atoms with van der Waals surface area (Å²) < 4.78 is 8.61. The van der Waals surface area contributed by atoms with E-state index in [0.717, 1.165) is 28.0 Å². The van der Waals surface area contributed by atoms with Gasteiger partial charge in [0.05, 0.1) is 16.1 Å². The number of hydrogen-bond donors (Lipinski definition) is 1. The minimum atomic E-state index is -0.657. The van der Waals surface area contributed by atoms with E-state index in [-0.39, 0.29) is 0 Å². The highest BCUT2D eigenvalue weighted by atomic mass is 79.9. The summed E-state index contributed by atoms with van der Waals surface area (Å²) in [6, 6.07) is 7.41. The number of benzene rings is 1. The summed E-state index contributed by atoms with van der Waals surface area (Å²) in [5.41, 5.74) is 2.39. The lowest BCUT2D eigenvalue weighted by Gasteiger charge is -2.12. The summed E-state index contributed by atoms with van der Waals surface area (Å²) in [5.74, 6) is 1.71. The number of aliphatic hydroxyl groups is 1. The highest BCUT2D eigenvalue weighted by molar-refractivity contribution is 9.10. The fourth-order valence-electron chi connectivity index (χ4n) is 2.66. The predicted octanol–water partition coefficient (Wildman–Crippen LogP) is 3.84. The van der Waals surface area contributed by atoms with Crippen molar-refractivity contribution in [3.05, 3.63) is 40.5 Å². The van der Waals surface area contributed by atoms with Crippen LogP contribution in [0.4, 0.5) is 0 Å². The van der Waals surface area contributed by atoms with Gasteiger partial charge in [-0.2, -0.15) is 0 Å². The number of nitrogens with zero attached hydrogens (tertiary/aromatic N) is 4. The average molecular weight is 389 g/mol. The van der Waals surface area contributed by atoms with Crippen LogP contribution in [0.3, 0.4) is 0 Å². The Kier molecular flexibility index (Phi) is 3.97. The van der Waals surface area contributed by atoms with Crippen molar-refractivity contribution < 1.29 is 9.84 Å². The van der Waals surface area contributed by atoms with Gasteiger partial charge in [0.2, 0.25) is 5.88 Å². The zero-order valence-corrected chi connectivity index (χ0v) is 14.8. The molecule has 0 saturated heterocycles. The van der Waals surface area contributed by atoms with Crippen LogP contribution < -0.4 is 4.74 Å². The van der Waals surface area contributed by atoms with Crippen molar-refractivity contribution in [2.24, 2.45) is 5.92 Å². The molecule has 4 rings (SSSR count). The SMILES string of the molecule is C[C@@H](O)c1cccnc1Oc1ccc2c(nnn2CC2CC2)c1Br. The summed E-state index contributed by atoms with van der Waals surface area (Å²) in [5, 5.41) is 18.4. The molecule has 24 heavy (non-hydrogen) atoms. The molecule has 1 saturated carbocycles. The monoisotopic (exact) mass is 388 g/mol. The predicted molar refractivity (Wildman–Crippen MR) is 92.9 cm³/mol. The van der Waals surface area contributed by atoms with Gasteiger partial charge < -0.3 is 9.84 Å². The molecule has 1 fully saturated rings. The van der Waals surface area contributed by atoms with Gasteiger partial charge in [-0.1, -0.05) is 5.21 Å². The molecule has 0 amide bonds. The van der Waals surface area contributed by atoms with Crippen molar-refractivity contribution in [3.63, 3.8) is 0 Å². The molecular formula is C17H17BrN4O2. The van der Waals surface area contributed by atoms with Crippen molar-refractivity contribution in [2.75, 3.05) is 0 Å².